The lowest BCUT2D eigenvalue weighted by molar-refractivity contribution is -0.134. The average Bonchev–Trinajstić information content (AvgIpc) is 2.03. The highest BCUT2D eigenvalue weighted by atomic mass is 16.2. The number of piperazine rings is 1. The van der Waals surface area contributed by atoms with E-state index in [1.54, 1.807) is 4.90 Å². The summed E-state index contributed by atoms with van der Waals surface area (Å²) in [5.74, 6) is 0.130. The van der Waals surface area contributed by atoms with E-state index in [2.05, 4.69) is 0 Å². The zero-order valence-corrected chi connectivity index (χ0v) is 7.32. The van der Waals surface area contributed by atoms with Crippen LogP contribution in [0.5, 0.6) is 0 Å². The Labute approximate surface area is 72.9 Å². The molecule has 0 N–H and O–H groups in total. The Morgan fingerprint density at radius 1 is 1.50 bits per heavy atom. The number of amides is 1. The van der Waals surface area contributed by atoms with Crippen molar-refractivity contribution in [2.75, 3.05) is 26.2 Å². The third-order valence-electron chi connectivity index (χ3n) is 2.03. The zero-order valence-electron chi connectivity index (χ0n) is 7.32. The average molecular weight is 168 g/mol. The molecule has 0 aromatic carbocycles. The Kier molecular flexibility index (Phi) is 3.28. The summed E-state index contributed by atoms with van der Waals surface area (Å²) < 4.78 is 0. The summed E-state index contributed by atoms with van der Waals surface area (Å²) in [6, 6.07) is 0. The van der Waals surface area contributed by atoms with Gasteiger partial charge < -0.3 is 14.5 Å². The van der Waals surface area contributed by atoms with Crippen LogP contribution < -0.4 is 0 Å². The Bertz CT molecular complexity index is 186. The van der Waals surface area contributed by atoms with Gasteiger partial charge in [-0.2, -0.15) is 0 Å². The van der Waals surface area contributed by atoms with Crippen LogP contribution in [0.15, 0.2) is 0 Å². The predicted molar refractivity (Wildman–Crippen MR) is 47.4 cm³/mol. The highest BCUT2D eigenvalue weighted by Gasteiger charge is 2.19. The molecule has 1 aliphatic rings. The molecule has 0 radical (unpaired) electrons. The normalized spacial score (nSPS) is 19.7. The van der Waals surface area contributed by atoms with E-state index in [9.17, 15) is 9.59 Å². The van der Waals surface area contributed by atoms with E-state index >= 15 is 0 Å². The molecule has 1 heterocycles. The van der Waals surface area contributed by atoms with Crippen molar-refractivity contribution in [2.24, 2.45) is 0 Å². The van der Waals surface area contributed by atoms with Gasteiger partial charge >= 0.3 is 0 Å². The van der Waals surface area contributed by atoms with Gasteiger partial charge in [0.25, 0.3) is 0 Å². The summed E-state index contributed by atoms with van der Waals surface area (Å²) in [4.78, 5) is 25.1. The summed E-state index contributed by atoms with van der Waals surface area (Å²) in [6.45, 7) is 2.73. The third-order valence-corrected chi connectivity index (χ3v) is 2.03. The third kappa shape index (κ3) is 2.34. The van der Waals surface area contributed by atoms with E-state index in [4.69, 9.17) is 0 Å². The number of hydrogen-bond acceptors (Lipinski definition) is 3. The van der Waals surface area contributed by atoms with Crippen LogP contribution in [0.4, 0.5) is 0 Å². The second-order valence-electron chi connectivity index (χ2n) is 3.07. The number of rotatable bonds is 3. The first-order valence-corrected chi connectivity index (χ1v) is 4.14. The van der Waals surface area contributed by atoms with E-state index in [-0.39, 0.29) is 5.91 Å². The first-order chi connectivity index (χ1) is 5.74. The smallest absolute Gasteiger partial charge is 0.235 e. The number of nitrogens with zero attached hydrogens (tertiary/aromatic N) is 2. The van der Waals surface area contributed by atoms with Gasteiger partial charge in [-0.25, -0.2) is 0 Å². The van der Waals surface area contributed by atoms with Crippen molar-refractivity contribution < 1.29 is 9.59 Å². The fraction of sp³-hybridized carbons (Fsp3) is 0.714. The van der Waals surface area contributed by atoms with Gasteiger partial charge in [-0.05, 0) is 0 Å². The van der Waals surface area contributed by atoms with Crippen molar-refractivity contribution in [2.45, 2.75) is 6.42 Å². The summed E-state index contributed by atoms with van der Waals surface area (Å²) in [7, 11) is 1.93. The molecule has 1 fully saturated rings. The number of aldehydes is 1. The van der Waals surface area contributed by atoms with E-state index < -0.39 is 0 Å². The summed E-state index contributed by atoms with van der Waals surface area (Å²) in [5, 5.41) is 0. The molecule has 0 unspecified atom stereocenters. The Balaban J connectivity index is 2.34. The van der Waals surface area contributed by atoms with E-state index in [1.165, 1.54) is 0 Å². The Morgan fingerprint density at radius 3 is 2.83 bits per heavy atom. The Morgan fingerprint density at radius 2 is 2.25 bits per heavy atom. The molecule has 1 amide bonds. The molecular weight excluding hydrogens is 155 g/mol. The molecule has 66 valence electrons. The fourth-order valence-electron chi connectivity index (χ4n) is 1.27. The van der Waals surface area contributed by atoms with Crippen molar-refractivity contribution in [1.82, 2.24) is 9.71 Å². The van der Waals surface area contributed by atoms with Crippen molar-refractivity contribution in [3.8, 4) is 0 Å². The summed E-state index contributed by atoms with van der Waals surface area (Å²) >= 11 is 0. The van der Waals surface area contributed by atoms with E-state index in [0.717, 1.165) is 19.4 Å². The van der Waals surface area contributed by atoms with Crippen LogP contribution in [-0.4, -0.2) is 56.1 Å². The van der Waals surface area contributed by atoms with Crippen LogP contribution >= 0.6 is 0 Å². The van der Waals surface area contributed by atoms with Crippen LogP contribution in [0.1, 0.15) is 6.42 Å². The van der Waals surface area contributed by atoms with Gasteiger partial charge in [-0.1, -0.05) is 0 Å². The molecule has 4 nitrogen and oxygen atoms in total. The largest absolute Gasteiger partial charge is 0.340 e. The maximum absolute atomic E-state index is 11.3. The first kappa shape index (κ1) is 9.25. The van der Waals surface area contributed by atoms with Crippen molar-refractivity contribution in [1.29, 1.82) is 0 Å². The monoisotopic (exact) mass is 168 g/mol. The summed E-state index contributed by atoms with van der Waals surface area (Å²) in [6.07, 6.45) is 1.31. The SMILES string of the molecule is BN1CCN(CCC=O)C(=O)C1. The molecule has 1 rings (SSSR count). The lowest BCUT2D eigenvalue weighted by atomic mass is 10.2. The molecule has 1 aliphatic heterocycles. The van der Waals surface area contributed by atoms with Crippen LogP contribution in [0.2, 0.25) is 0 Å². The van der Waals surface area contributed by atoms with E-state index in [1.807, 2.05) is 12.8 Å². The van der Waals surface area contributed by atoms with Gasteiger partial charge in [0, 0.05) is 26.1 Å². The van der Waals surface area contributed by atoms with Gasteiger partial charge in [0.1, 0.15) is 6.29 Å². The number of hydrogen-bond donors (Lipinski definition) is 0. The van der Waals surface area contributed by atoms with Gasteiger partial charge in [-0.15, -0.1) is 0 Å². The molecule has 0 aromatic heterocycles. The standard InChI is InChI=1S/C7H13BN2O2/c8-10-4-3-9(2-1-5-11)7(12)6-10/h5H,1-4,6,8H2. The molecule has 5 heteroatoms. The van der Waals surface area contributed by atoms with Crippen LogP contribution in [0.25, 0.3) is 0 Å². The number of carbonyl (C=O) groups is 2. The molecular formula is C7H13BN2O2. The van der Waals surface area contributed by atoms with E-state index in [0.29, 0.717) is 19.5 Å². The maximum Gasteiger partial charge on any atom is 0.235 e. The maximum atomic E-state index is 11.3. The van der Waals surface area contributed by atoms with Gasteiger partial charge in [-0.3, -0.25) is 4.79 Å². The highest BCUT2D eigenvalue weighted by Crippen LogP contribution is 2.00. The van der Waals surface area contributed by atoms with Crippen LogP contribution in [0.3, 0.4) is 0 Å². The van der Waals surface area contributed by atoms with Crippen molar-refractivity contribution in [3.63, 3.8) is 0 Å². The molecule has 0 spiro atoms. The van der Waals surface area contributed by atoms with Gasteiger partial charge in [0.2, 0.25) is 5.91 Å². The van der Waals surface area contributed by atoms with Crippen molar-refractivity contribution >= 4 is 20.2 Å². The molecule has 12 heavy (non-hydrogen) atoms. The van der Waals surface area contributed by atoms with Gasteiger partial charge in [0.15, 0.2) is 7.98 Å². The molecule has 0 saturated carbocycles. The topological polar surface area (TPSA) is 40.6 Å². The highest BCUT2D eigenvalue weighted by molar-refractivity contribution is 6.06. The molecule has 0 atom stereocenters. The minimum Gasteiger partial charge on any atom is -0.340 e. The van der Waals surface area contributed by atoms with Crippen LogP contribution in [0, 0.1) is 0 Å². The van der Waals surface area contributed by atoms with Crippen LogP contribution in [-0.2, 0) is 9.59 Å². The molecule has 0 aromatic rings. The summed E-state index contributed by atoms with van der Waals surface area (Å²) in [5.41, 5.74) is 0. The lowest BCUT2D eigenvalue weighted by Crippen LogP contribution is -2.49. The predicted octanol–water partition coefficient (Wildman–Crippen LogP) is -1.73. The second-order valence-corrected chi connectivity index (χ2v) is 3.07. The lowest BCUT2D eigenvalue weighted by Gasteiger charge is -2.31. The molecule has 1 saturated heterocycles. The minimum absolute atomic E-state index is 0.130. The quantitative estimate of drug-likeness (QED) is 0.371. The fourth-order valence-corrected chi connectivity index (χ4v) is 1.27. The Hall–Kier alpha value is -0.835. The minimum atomic E-state index is 0.130. The van der Waals surface area contributed by atoms with Gasteiger partial charge in [0.05, 0.1) is 6.54 Å². The first-order valence-electron chi connectivity index (χ1n) is 4.14. The molecule has 0 bridgehead atoms. The molecule has 0 aliphatic carbocycles. The second kappa shape index (κ2) is 4.26. The zero-order chi connectivity index (χ0) is 8.97. The number of carbonyl (C=O) groups excluding carboxylic acids is 2. The van der Waals surface area contributed by atoms with Crippen molar-refractivity contribution in [3.05, 3.63) is 0 Å².